The molecule has 5 nitrogen and oxygen atoms in total. The van der Waals surface area contributed by atoms with Crippen LogP contribution in [0.3, 0.4) is 0 Å². The summed E-state index contributed by atoms with van der Waals surface area (Å²) in [7, 11) is 0. The first-order valence-corrected chi connectivity index (χ1v) is 12.1. The van der Waals surface area contributed by atoms with Crippen molar-refractivity contribution in [2.75, 3.05) is 6.54 Å². The molecule has 178 valence electrons. The van der Waals surface area contributed by atoms with Crippen LogP contribution in [0.25, 0.3) is 0 Å². The number of hydrogen-bond acceptors (Lipinski definition) is 5. The summed E-state index contributed by atoms with van der Waals surface area (Å²) < 4.78 is 5.20. The zero-order valence-corrected chi connectivity index (χ0v) is 20.8. The fraction of sp³-hybridized carbons (Fsp3) is 0.333. The summed E-state index contributed by atoms with van der Waals surface area (Å²) in [5, 5.41) is 14.5. The van der Waals surface area contributed by atoms with Gasteiger partial charge in [-0.25, -0.2) is 4.99 Å². The zero-order chi connectivity index (χ0) is 24.3. The molecule has 2 rings (SSSR count). The molecule has 0 spiro atoms. The molecule has 1 aromatic rings. The molecule has 2 N–H and O–H groups in total. The van der Waals surface area contributed by atoms with Crippen molar-refractivity contribution in [1.29, 1.82) is 0 Å². The van der Waals surface area contributed by atoms with Gasteiger partial charge in [-0.3, -0.25) is 4.79 Å². The molecular formula is C27H36N2O3S. The van der Waals surface area contributed by atoms with E-state index in [0.29, 0.717) is 12.8 Å². The average Bonchev–Trinajstić information content (AvgIpc) is 3.34. The molecule has 0 radical (unpaired) electrons. The SMILES string of the molecule is C1=COC(c2cccs2)=NC1.C\C=C/C=C\C=C\C(CC(=C/CC)/C=C(\C)O)NC(=O)CC. The van der Waals surface area contributed by atoms with Crippen LogP contribution in [0.5, 0.6) is 0 Å². The number of ether oxygens (including phenoxy) is 1. The summed E-state index contributed by atoms with van der Waals surface area (Å²) in [6.07, 6.45) is 21.1. The first-order valence-electron chi connectivity index (χ1n) is 11.2. The van der Waals surface area contributed by atoms with E-state index in [0.717, 1.165) is 29.3 Å². The minimum Gasteiger partial charge on any atom is -0.513 e. The van der Waals surface area contributed by atoms with Gasteiger partial charge in [-0.2, -0.15) is 0 Å². The van der Waals surface area contributed by atoms with E-state index in [9.17, 15) is 9.90 Å². The second-order valence-electron chi connectivity index (χ2n) is 7.11. The largest absolute Gasteiger partial charge is 0.513 e. The zero-order valence-electron chi connectivity index (χ0n) is 20.0. The van der Waals surface area contributed by atoms with Crippen LogP contribution in [-0.4, -0.2) is 29.5 Å². The number of carbonyl (C=O) groups is 1. The van der Waals surface area contributed by atoms with Crippen LogP contribution >= 0.6 is 11.3 Å². The van der Waals surface area contributed by atoms with Crippen molar-refractivity contribution < 1.29 is 14.6 Å². The maximum absolute atomic E-state index is 11.7. The van der Waals surface area contributed by atoms with Gasteiger partial charge in [-0.05, 0) is 55.9 Å². The maximum Gasteiger partial charge on any atom is 0.231 e. The molecule has 6 heteroatoms. The van der Waals surface area contributed by atoms with Gasteiger partial charge in [0.15, 0.2) is 0 Å². The van der Waals surface area contributed by atoms with Crippen molar-refractivity contribution >= 4 is 23.1 Å². The van der Waals surface area contributed by atoms with Gasteiger partial charge < -0.3 is 15.2 Å². The van der Waals surface area contributed by atoms with E-state index in [1.807, 2.05) is 73.9 Å². The fourth-order valence-corrected chi connectivity index (χ4v) is 3.44. The molecule has 0 saturated carbocycles. The van der Waals surface area contributed by atoms with Crippen LogP contribution in [-0.2, 0) is 9.53 Å². The minimum absolute atomic E-state index is 0.0210. The smallest absolute Gasteiger partial charge is 0.231 e. The summed E-state index contributed by atoms with van der Waals surface area (Å²) >= 11 is 1.64. The highest BCUT2D eigenvalue weighted by molar-refractivity contribution is 7.12. The van der Waals surface area contributed by atoms with Gasteiger partial charge in [0.05, 0.1) is 29.5 Å². The Kier molecular flexibility index (Phi) is 14.7. The molecule has 1 aromatic heterocycles. The molecule has 0 saturated heterocycles. The Balaban J connectivity index is 0.000000405. The standard InChI is InChI=1S/C19H29NO2.C8H7NOS/c1-5-8-9-10-11-13-18(20-19(22)7-3)15-17(12-6-2)14-16(4)21;1-3-7(11-6-1)8-9-4-2-5-10-8/h5,8-14,18,21H,6-7,15H2,1-4H3,(H,20,22);1-3,5-6H,4H2/b8-5-,10-9-,13-11+,16-14+,17-12+;. The lowest BCUT2D eigenvalue weighted by molar-refractivity contribution is -0.121. The topological polar surface area (TPSA) is 70.9 Å². The number of rotatable bonds is 10. The van der Waals surface area contributed by atoms with E-state index in [2.05, 4.69) is 23.3 Å². The summed E-state index contributed by atoms with van der Waals surface area (Å²) in [5.74, 6) is 1.03. The first-order chi connectivity index (χ1) is 16.0. The first kappa shape index (κ1) is 27.9. The molecule has 2 heterocycles. The van der Waals surface area contributed by atoms with E-state index >= 15 is 0 Å². The predicted molar refractivity (Wildman–Crippen MR) is 141 cm³/mol. The van der Waals surface area contributed by atoms with Gasteiger partial charge in [-0.15, -0.1) is 11.3 Å². The molecule has 1 aliphatic rings. The Labute approximate surface area is 202 Å². The van der Waals surface area contributed by atoms with Crippen LogP contribution < -0.4 is 5.32 Å². The summed E-state index contributed by atoms with van der Waals surface area (Å²) in [4.78, 5) is 16.9. The van der Waals surface area contributed by atoms with Gasteiger partial charge in [0.1, 0.15) is 0 Å². The maximum atomic E-state index is 11.7. The van der Waals surface area contributed by atoms with E-state index in [-0.39, 0.29) is 17.7 Å². The number of aliphatic imine (C=N–C) groups is 1. The second-order valence-corrected chi connectivity index (χ2v) is 8.06. The molecule has 1 aliphatic heterocycles. The van der Waals surface area contributed by atoms with E-state index in [1.54, 1.807) is 30.6 Å². The third-order valence-corrected chi connectivity index (χ3v) is 5.06. The van der Waals surface area contributed by atoms with Crippen LogP contribution in [0.2, 0.25) is 0 Å². The van der Waals surface area contributed by atoms with E-state index in [1.165, 1.54) is 0 Å². The lowest BCUT2D eigenvalue weighted by atomic mass is 10.0. The van der Waals surface area contributed by atoms with Crippen LogP contribution in [0.1, 0.15) is 51.8 Å². The summed E-state index contributed by atoms with van der Waals surface area (Å²) in [6, 6.07) is 3.91. The average molecular weight is 469 g/mol. The molecule has 0 aromatic carbocycles. The van der Waals surface area contributed by atoms with Crippen LogP contribution in [0.15, 0.2) is 94.8 Å². The van der Waals surface area contributed by atoms with Gasteiger partial charge in [0.2, 0.25) is 11.8 Å². The molecular weight excluding hydrogens is 432 g/mol. The molecule has 1 atom stereocenters. The predicted octanol–water partition coefficient (Wildman–Crippen LogP) is 6.80. The minimum atomic E-state index is -0.0869. The number of allylic oxidation sites excluding steroid dienone is 8. The molecule has 1 amide bonds. The normalized spacial score (nSPS) is 15.3. The lowest BCUT2D eigenvalue weighted by Gasteiger charge is -2.15. The molecule has 33 heavy (non-hydrogen) atoms. The Morgan fingerprint density at radius 2 is 2.09 bits per heavy atom. The van der Waals surface area contributed by atoms with Crippen molar-refractivity contribution in [3.8, 4) is 0 Å². The molecule has 0 fully saturated rings. The van der Waals surface area contributed by atoms with Crippen molar-refractivity contribution in [2.45, 2.75) is 53.0 Å². The molecule has 0 aliphatic carbocycles. The van der Waals surface area contributed by atoms with Gasteiger partial charge in [-0.1, -0.05) is 62.4 Å². The molecule has 0 bridgehead atoms. The highest BCUT2D eigenvalue weighted by Crippen LogP contribution is 2.13. The van der Waals surface area contributed by atoms with Crippen LogP contribution in [0.4, 0.5) is 0 Å². The number of aliphatic hydroxyl groups excluding tert-OH is 1. The number of thiophene rings is 1. The lowest BCUT2D eigenvalue weighted by Crippen LogP contribution is -2.33. The van der Waals surface area contributed by atoms with Crippen molar-refractivity contribution in [3.63, 3.8) is 0 Å². The highest BCUT2D eigenvalue weighted by atomic mass is 32.1. The monoisotopic (exact) mass is 468 g/mol. The number of nitrogens with one attached hydrogen (secondary N) is 1. The number of amides is 1. The summed E-state index contributed by atoms with van der Waals surface area (Å²) in [6.45, 7) is 8.23. The fourth-order valence-electron chi connectivity index (χ4n) is 2.76. The second kappa shape index (κ2) is 17.4. The van der Waals surface area contributed by atoms with E-state index < -0.39 is 0 Å². The summed E-state index contributed by atoms with van der Waals surface area (Å²) in [5.41, 5.74) is 1.02. The Morgan fingerprint density at radius 1 is 1.30 bits per heavy atom. The van der Waals surface area contributed by atoms with Crippen molar-refractivity contribution in [2.24, 2.45) is 4.99 Å². The Morgan fingerprint density at radius 3 is 2.67 bits per heavy atom. The number of nitrogens with zero attached hydrogens (tertiary/aromatic N) is 1. The third-order valence-electron chi connectivity index (χ3n) is 4.20. The van der Waals surface area contributed by atoms with Crippen LogP contribution in [0, 0.1) is 0 Å². The number of hydrogen-bond donors (Lipinski definition) is 2. The third kappa shape index (κ3) is 13.1. The van der Waals surface area contributed by atoms with Gasteiger partial charge in [0.25, 0.3) is 0 Å². The van der Waals surface area contributed by atoms with E-state index in [4.69, 9.17) is 4.74 Å². The van der Waals surface area contributed by atoms with Gasteiger partial charge in [0, 0.05) is 6.42 Å². The Hall–Kier alpha value is -3.12. The Bertz CT molecular complexity index is 900. The molecule has 1 unspecified atom stereocenters. The number of carbonyl (C=O) groups excluding carboxylic acids is 1. The quantitative estimate of drug-likeness (QED) is 0.293. The van der Waals surface area contributed by atoms with Crippen molar-refractivity contribution in [3.05, 3.63) is 94.7 Å². The van der Waals surface area contributed by atoms with Gasteiger partial charge >= 0.3 is 0 Å². The highest BCUT2D eigenvalue weighted by Gasteiger charge is 2.09. The van der Waals surface area contributed by atoms with Crippen molar-refractivity contribution in [1.82, 2.24) is 5.32 Å². The number of aliphatic hydroxyl groups is 1.